The van der Waals surface area contributed by atoms with Gasteiger partial charge in [-0.05, 0) is 55.0 Å². The molecule has 2 aromatic carbocycles. The molecular weight excluding hydrogens is 405 g/mol. The molecule has 0 radical (unpaired) electrons. The molecule has 6 nitrogen and oxygen atoms in total. The van der Waals surface area contributed by atoms with Gasteiger partial charge in [-0.1, -0.05) is 30.0 Å². The van der Waals surface area contributed by atoms with Crippen LogP contribution in [0.1, 0.15) is 21.9 Å². The number of rotatable bonds is 6. The third-order valence-corrected chi connectivity index (χ3v) is 5.44. The molecule has 152 valence electrons. The number of hydrogen-bond acceptors (Lipinski definition) is 6. The van der Waals surface area contributed by atoms with E-state index in [0.717, 1.165) is 16.8 Å². The summed E-state index contributed by atoms with van der Waals surface area (Å²) in [5.74, 6) is 0.997. The molecule has 4 rings (SSSR count). The second kappa shape index (κ2) is 8.54. The monoisotopic (exact) mass is 423 g/mol. The van der Waals surface area contributed by atoms with Crippen LogP contribution in [0.5, 0.6) is 0 Å². The number of esters is 1. The largest absolute Gasteiger partial charge is 0.463 e. The summed E-state index contributed by atoms with van der Waals surface area (Å²) in [6.07, 6.45) is 0. The van der Waals surface area contributed by atoms with E-state index in [0.29, 0.717) is 22.5 Å². The first-order chi connectivity index (χ1) is 14.6. The molecule has 30 heavy (non-hydrogen) atoms. The molecule has 2 heterocycles. The summed E-state index contributed by atoms with van der Waals surface area (Å²) in [6, 6.07) is 17.4. The highest BCUT2D eigenvalue weighted by Gasteiger charge is 2.19. The highest BCUT2D eigenvalue weighted by Crippen LogP contribution is 2.31. The molecule has 0 amide bonds. The summed E-state index contributed by atoms with van der Waals surface area (Å²) in [6.45, 7) is 2.01. The van der Waals surface area contributed by atoms with Crippen LogP contribution >= 0.6 is 11.8 Å². The zero-order valence-electron chi connectivity index (χ0n) is 16.3. The number of carbonyl (C=O) groups is 1. The van der Waals surface area contributed by atoms with Crippen molar-refractivity contribution < 1.29 is 18.3 Å². The van der Waals surface area contributed by atoms with Gasteiger partial charge in [0.05, 0.1) is 18.6 Å². The molecule has 0 spiro atoms. The molecule has 0 fully saturated rings. The van der Waals surface area contributed by atoms with E-state index < -0.39 is 5.97 Å². The Hall–Kier alpha value is -3.39. The quantitative estimate of drug-likeness (QED) is 0.319. The maximum atomic E-state index is 13.4. The second-order valence-electron chi connectivity index (χ2n) is 6.48. The lowest BCUT2D eigenvalue weighted by molar-refractivity contribution is 0.0563. The van der Waals surface area contributed by atoms with Crippen LogP contribution in [0.25, 0.3) is 17.1 Å². The SMILES string of the molecule is COC(=O)c1ccc(CSc2nnc(-c3ccc(F)cc3)n2-c2ccccc2C)o1. The zero-order valence-corrected chi connectivity index (χ0v) is 17.1. The Morgan fingerprint density at radius 3 is 2.60 bits per heavy atom. The molecule has 0 saturated carbocycles. The molecule has 0 atom stereocenters. The fourth-order valence-electron chi connectivity index (χ4n) is 2.98. The first-order valence-corrected chi connectivity index (χ1v) is 10.1. The third-order valence-electron chi connectivity index (χ3n) is 4.48. The Bertz CT molecular complexity index is 1180. The van der Waals surface area contributed by atoms with Gasteiger partial charge in [0, 0.05) is 5.56 Å². The predicted molar refractivity (Wildman–Crippen MR) is 111 cm³/mol. The third kappa shape index (κ3) is 3.99. The van der Waals surface area contributed by atoms with E-state index in [2.05, 4.69) is 14.9 Å². The summed E-state index contributed by atoms with van der Waals surface area (Å²) in [5, 5.41) is 9.36. The first kappa shape index (κ1) is 19.9. The van der Waals surface area contributed by atoms with Gasteiger partial charge in [-0.15, -0.1) is 10.2 Å². The van der Waals surface area contributed by atoms with Gasteiger partial charge >= 0.3 is 5.97 Å². The van der Waals surface area contributed by atoms with E-state index in [4.69, 9.17) is 4.42 Å². The van der Waals surface area contributed by atoms with Crippen LogP contribution in [0.2, 0.25) is 0 Å². The number of aryl methyl sites for hydroxylation is 1. The van der Waals surface area contributed by atoms with Crippen molar-refractivity contribution in [3.05, 3.63) is 83.6 Å². The van der Waals surface area contributed by atoms with Gasteiger partial charge in [-0.2, -0.15) is 0 Å². The number of benzene rings is 2. The minimum Gasteiger partial charge on any atom is -0.463 e. The number of furan rings is 1. The highest BCUT2D eigenvalue weighted by atomic mass is 32.2. The lowest BCUT2D eigenvalue weighted by Crippen LogP contribution is -2.02. The normalized spacial score (nSPS) is 10.9. The Kier molecular flexibility index (Phi) is 5.67. The van der Waals surface area contributed by atoms with Crippen molar-refractivity contribution in [2.45, 2.75) is 17.8 Å². The van der Waals surface area contributed by atoms with Crippen molar-refractivity contribution in [3.63, 3.8) is 0 Å². The number of aromatic nitrogens is 3. The number of nitrogens with zero attached hydrogens (tertiary/aromatic N) is 3. The summed E-state index contributed by atoms with van der Waals surface area (Å²) in [7, 11) is 1.31. The average molecular weight is 423 g/mol. The van der Waals surface area contributed by atoms with E-state index in [1.54, 1.807) is 24.3 Å². The van der Waals surface area contributed by atoms with Gasteiger partial charge in [0.2, 0.25) is 5.76 Å². The molecule has 0 N–H and O–H groups in total. The summed E-state index contributed by atoms with van der Waals surface area (Å²) in [4.78, 5) is 11.6. The van der Waals surface area contributed by atoms with E-state index in [9.17, 15) is 9.18 Å². The highest BCUT2D eigenvalue weighted by molar-refractivity contribution is 7.98. The maximum Gasteiger partial charge on any atom is 0.373 e. The summed E-state index contributed by atoms with van der Waals surface area (Å²) < 4.78 is 25.5. The van der Waals surface area contributed by atoms with Crippen molar-refractivity contribution in [1.82, 2.24) is 14.8 Å². The number of ether oxygens (including phenoxy) is 1. The number of carbonyl (C=O) groups excluding carboxylic acids is 1. The van der Waals surface area contributed by atoms with Gasteiger partial charge in [0.15, 0.2) is 11.0 Å². The van der Waals surface area contributed by atoms with E-state index in [1.165, 1.54) is 31.0 Å². The fourth-order valence-corrected chi connectivity index (χ4v) is 3.82. The van der Waals surface area contributed by atoms with Crippen molar-refractivity contribution in [3.8, 4) is 17.1 Å². The number of hydrogen-bond donors (Lipinski definition) is 0. The van der Waals surface area contributed by atoms with Gasteiger partial charge in [-0.3, -0.25) is 4.57 Å². The van der Waals surface area contributed by atoms with Gasteiger partial charge < -0.3 is 9.15 Å². The second-order valence-corrected chi connectivity index (χ2v) is 7.42. The minimum atomic E-state index is -0.520. The molecule has 8 heteroatoms. The van der Waals surface area contributed by atoms with E-state index in [1.807, 2.05) is 35.8 Å². The predicted octanol–water partition coefficient (Wildman–Crippen LogP) is 5.05. The molecule has 0 unspecified atom stereocenters. The number of para-hydroxylation sites is 1. The van der Waals surface area contributed by atoms with Crippen molar-refractivity contribution in [2.75, 3.05) is 7.11 Å². The summed E-state index contributed by atoms with van der Waals surface area (Å²) >= 11 is 1.42. The van der Waals surface area contributed by atoms with Crippen molar-refractivity contribution in [1.29, 1.82) is 0 Å². The van der Waals surface area contributed by atoms with Crippen LogP contribution in [0, 0.1) is 12.7 Å². The van der Waals surface area contributed by atoms with E-state index in [-0.39, 0.29) is 11.6 Å². The van der Waals surface area contributed by atoms with Crippen molar-refractivity contribution in [2.24, 2.45) is 0 Å². The lowest BCUT2D eigenvalue weighted by Gasteiger charge is -2.12. The van der Waals surface area contributed by atoms with Crippen LogP contribution in [0.4, 0.5) is 4.39 Å². The van der Waals surface area contributed by atoms with Gasteiger partial charge in [-0.25, -0.2) is 9.18 Å². The molecule has 0 aliphatic rings. The Morgan fingerprint density at radius 1 is 1.10 bits per heavy atom. The molecule has 0 aliphatic carbocycles. The fraction of sp³-hybridized carbons (Fsp3) is 0.136. The maximum absolute atomic E-state index is 13.4. The van der Waals surface area contributed by atoms with Gasteiger partial charge in [0.25, 0.3) is 0 Å². The topological polar surface area (TPSA) is 70.2 Å². The molecule has 0 bridgehead atoms. The molecule has 0 saturated heterocycles. The smallest absolute Gasteiger partial charge is 0.373 e. The molecular formula is C22H18FN3O3S. The Labute approximate surface area is 176 Å². The average Bonchev–Trinajstić information content (AvgIpc) is 3.40. The number of halogens is 1. The van der Waals surface area contributed by atoms with Crippen LogP contribution in [0.3, 0.4) is 0 Å². The Balaban J connectivity index is 1.69. The molecule has 0 aliphatic heterocycles. The number of thioether (sulfide) groups is 1. The summed E-state index contributed by atoms with van der Waals surface area (Å²) in [5.41, 5.74) is 2.73. The van der Waals surface area contributed by atoms with Crippen molar-refractivity contribution >= 4 is 17.7 Å². The zero-order chi connectivity index (χ0) is 21.1. The first-order valence-electron chi connectivity index (χ1n) is 9.14. The van der Waals surface area contributed by atoms with Crippen LogP contribution < -0.4 is 0 Å². The van der Waals surface area contributed by atoms with Crippen LogP contribution in [-0.2, 0) is 10.5 Å². The molecule has 4 aromatic rings. The standard InChI is InChI=1S/C22H18FN3O3S/c1-14-5-3-4-6-18(14)26-20(15-7-9-16(23)10-8-15)24-25-22(26)30-13-17-11-12-19(29-17)21(27)28-2/h3-12H,13H2,1-2H3. The van der Waals surface area contributed by atoms with Crippen LogP contribution in [0.15, 0.2) is 70.2 Å². The van der Waals surface area contributed by atoms with E-state index >= 15 is 0 Å². The minimum absolute atomic E-state index is 0.153. The Morgan fingerprint density at radius 2 is 1.87 bits per heavy atom. The number of methoxy groups -OCH3 is 1. The van der Waals surface area contributed by atoms with Crippen LogP contribution in [-0.4, -0.2) is 27.8 Å². The molecule has 2 aromatic heterocycles. The lowest BCUT2D eigenvalue weighted by atomic mass is 10.1. The van der Waals surface area contributed by atoms with Gasteiger partial charge in [0.1, 0.15) is 11.6 Å².